The highest BCUT2D eigenvalue weighted by atomic mass is 35.5. The molecule has 0 aromatic rings. The van der Waals surface area contributed by atoms with Crippen LogP contribution >= 0.6 is 49.0 Å². The lowest BCUT2D eigenvalue weighted by atomic mass is 10.2. The minimum absolute atomic E-state index is 0. The molecule has 0 aromatic heterocycles. The molecular weight excluding hydrogens is 391 g/mol. The number of piperazine rings is 1. The SMILES string of the molecule is CCN1CCN(C(C)CNC(=O)CC2CSCCN2)CC1.Cl.Cl.Cl. The van der Waals surface area contributed by atoms with Crippen LogP contribution in [0.1, 0.15) is 20.3 Å². The number of hydrogen-bond acceptors (Lipinski definition) is 5. The standard InChI is InChI=1S/C15H30N4OS.3ClH/c1-3-18-5-7-19(8-6-18)13(2)11-17-15(20)10-14-12-21-9-4-16-14;;;/h13-14,16H,3-12H2,1-2H3,(H,17,20);3*1H. The zero-order chi connectivity index (χ0) is 15.1. The molecule has 2 fully saturated rings. The fourth-order valence-corrected chi connectivity index (χ4v) is 3.91. The van der Waals surface area contributed by atoms with Crippen molar-refractivity contribution in [2.45, 2.75) is 32.4 Å². The average Bonchev–Trinajstić information content (AvgIpc) is 2.53. The molecule has 0 saturated carbocycles. The molecule has 1 amide bonds. The molecule has 2 aliphatic rings. The van der Waals surface area contributed by atoms with E-state index >= 15 is 0 Å². The first-order valence-corrected chi connectivity index (χ1v) is 9.38. The van der Waals surface area contributed by atoms with Crippen molar-refractivity contribution in [3.05, 3.63) is 0 Å². The van der Waals surface area contributed by atoms with Gasteiger partial charge >= 0.3 is 0 Å². The molecule has 2 N–H and O–H groups in total. The maximum Gasteiger partial charge on any atom is 0.221 e. The molecule has 0 radical (unpaired) electrons. The van der Waals surface area contributed by atoms with Crippen LogP contribution in [0.3, 0.4) is 0 Å². The molecule has 0 bridgehead atoms. The molecule has 2 aliphatic heterocycles. The molecule has 2 heterocycles. The number of rotatable bonds is 6. The van der Waals surface area contributed by atoms with E-state index in [1.165, 1.54) is 5.75 Å². The lowest BCUT2D eigenvalue weighted by molar-refractivity contribution is -0.121. The number of halogens is 3. The number of nitrogens with one attached hydrogen (secondary N) is 2. The van der Waals surface area contributed by atoms with Gasteiger partial charge in [-0.2, -0.15) is 11.8 Å². The topological polar surface area (TPSA) is 47.6 Å². The van der Waals surface area contributed by atoms with Crippen molar-refractivity contribution in [2.75, 3.05) is 57.3 Å². The fourth-order valence-electron chi connectivity index (χ4n) is 2.96. The van der Waals surface area contributed by atoms with Crippen molar-refractivity contribution >= 4 is 54.9 Å². The largest absolute Gasteiger partial charge is 0.354 e. The Bertz CT molecular complexity index is 328. The van der Waals surface area contributed by atoms with E-state index in [0.717, 1.165) is 51.6 Å². The van der Waals surface area contributed by atoms with Gasteiger partial charge < -0.3 is 15.5 Å². The maximum absolute atomic E-state index is 12.0. The van der Waals surface area contributed by atoms with Crippen LogP contribution in [-0.2, 0) is 4.79 Å². The van der Waals surface area contributed by atoms with E-state index in [4.69, 9.17) is 0 Å². The van der Waals surface area contributed by atoms with Gasteiger partial charge in [0.2, 0.25) is 5.91 Å². The van der Waals surface area contributed by atoms with Crippen LogP contribution in [-0.4, -0.2) is 85.1 Å². The maximum atomic E-state index is 12.0. The van der Waals surface area contributed by atoms with Crippen molar-refractivity contribution in [2.24, 2.45) is 0 Å². The first-order chi connectivity index (χ1) is 10.2. The normalized spacial score (nSPS) is 23.2. The third-order valence-corrected chi connectivity index (χ3v) is 5.63. The smallest absolute Gasteiger partial charge is 0.221 e. The molecular formula is C15H33Cl3N4OS. The first kappa shape index (κ1) is 26.8. The summed E-state index contributed by atoms with van der Waals surface area (Å²) >= 11 is 1.94. The molecule has 2 atom stereocenters. The summed E-state index contributed by atoms with van der Waals surface area (Å²) in [6.45, 7) is 11.9. The van der Waals surface area contributed by atoms with Crippen molar-refractivity contribution in [1.29, 1.82) is 0 Å². The molecule has 0 aliphatic carbocycles. The lowest BCUT2D eigenvalue weighted by Crippen LogP contribution is -2.52. The number of nitrogens with zero attached hydrogens (tertiary/aromatic N) is 2. The summed E-state index contributed by atoms with van der Waals surface area (Å²) in [7, 11) is 0. The quantitative estimate of drug-likeness (QED) is 0.678. The fraction of sp³-hybridized carbons (Fsp3) is 0.933. The van der Waals surface area contributed by atoms with Crippen molar-refractivity contribution < 1.29 is 4.79 Å². The van der Waals surface area contributed by atoms with Gasteiger partial charge in [0.1, 0.15) is 0 Å². The molecule has 2 saturated heterocycles. The second kappa shape index (κ2) is 14.7. The minimum Gasteiger partial charge on any atom is -0.354 e. The number of likely N-dealkylation sites (N-methyl/N-ethyl adjacent to an activating group) is 1. The summed E-state index contributed by atoms with van der Waals surface area (Å²) in [6.07, 6.45) is 0.614. The Morgan fingerprint density at radius 2 is 1.92 bits per heavy atom. The highest BCUT2D eigenvalue weighted by Crippen LogP contribution is 2.10. The van der Waals surface area contributed by atoms with E-state index in [1.54, 1.807) is 0 Å². The summed E-state index contributed by atoms with van der Waals surface area (Å²) in [6, 6.07) is 0.786. The molecule has 2 unspecified atom stereocenters. The first-order valence-electron chi connectivity index (χ1n) is 8.23. The van der Waals surface area contributed by atoms with Crippen molar-refractivity contribution in [3.63, 3.8) is 0 Å². The number of carbonyl (C=O) groups is 1. The van der Waals surface area contributed by atoms with Crippen LogP contribution in [0.2, 0.25) is 0 Å². The van der Waals surface area contributed by atoms with E-state index in [0.29, 0.717) is 18.5 Å². The van der Waals surface area contributed by atoms with Gasteiger partial charge in [0.05, 0.1) is 0 Å². The second-order valence-corrected chi connectivity index (χ2v) is 7.20. The van der Waals surface area contributed by atoms with Crippen molar-refractivity contribution in [1.82, 2.24) is 20.4 Å². The Balaban J connectivity index is 0. The molecule has 0 aromatic carbocycles. The Morgan fingerprint density at radius 3 is 2.46 bits per heavy atom. The monoisotopic (exact) mass is 422 g/mol. The molecule has 5 nitrogen and oxygen atoms in total. The summed E-state index contributed by atoms with van der Waals surface area (Å²) in [5, 5.41) is 6.52. The van der Waals surface area contributed by atoms with Gasteiger partial charge in [-0.05, 0) is 13.5 Å². The van der Waals surface area contributed by atoms with E-state index in [9.17, 15) is 4.79 Å². The highest BCUT2D eigenvalue weighted by molar-refractivity contribution is 7.99. The van der Waals surface area contributed by atoms with Crippen LogP contribution in [0.4, 0.5) is 0 Å². The van der Waals surface area contributed by atoms with Gasteiger partial charge in [-0.15, -0.1) is 37.2 Å². The van der Waals surface area contributed by atoms with E-state index in [1.807, 2.05) is 11.8 Å². The lowest BCUT2D eigenvalue weighted by Gasteiger charge is -2.37. The average molecular weight is 424 g/mol. The van der Waals surface area contributed by atoms with E-state index in [-0.39, 0.29) is 43.1 Å². The highest BCUT2D eigenvalue weighted by Gasteiger charge is 2.21. The summed E-state index contributed by atoms with van der Waals surface area (Å²) in [4.78, 5) is 17.0. The van der Waals surface area contributed by atoms with Crippen LogP contribution < -0.4 is 10.6 Å². The third kappa shape index (κ3) is 9.32. The van der Waals surface area contributed by atoms with Crippen molar-refractivity contribution in [3.8, 4) is 0 Å². The predicted octanol–water partition coefficient (Wildman–Crippen LogP) is 1.49. The molecule has 0 spiro atoms. The summed E-state index contributed by atoms with van der Waals surface area (Å²) in [5.74, 6) is 2.41. The van der Waals surface area contributed by atoms with Gasteiger partial charge in [0, 0.05) is 69.3 Å². The van der Waals surface area contributed by atoms with Crippen LogP contribution in [0, 0.1) is 0 Å². The number of thioether (sulfide) groups is 1. The zero-order valence-corrected chi connectivity index (χ0v) is 17.9. The Labute approximate surface area is 169 Å². The van der Waals surface area contributed by atoms with E-state index < -0.39 is 0 Å². The molecule has 2 rings (SSSR count). The van der Waals surface area contributed by atoms with E-state index in [2.05, 4.69) is 34.3 Å². The van der Waals surface area contributed by atoms with Gasteiger partial charge in [-0.3, -0.25) is 9.69 Å². The number of carbonyl (C=O) groups excluding carboxylic acids is 1. The molecule has 9 heteroatoms. The number of amides is 1. The van der Waals surface area contributed by atoms with Crippen LogP contribution in [0.5, 0.6) is 0 Å². The van der Waals surface area contributed by atoms with Gasteiger partial charge in [-0.25, -0.2) is 0 Å². The predicted molar refractivity (Wildman–Crippen MR) is 112 cm³/mol. The molecule has 146 valence electrons. The Kier molecular flexibility index (Phi) is 16.4. The van der Waals surface area contributed by atoms with Gasteiger partial charge in [0.15, 0.2) is 0 Å². The number of hydrogen-bond donors (Lipinski definition) is 2. The van der Waals surface area contributed by atoms with Gasteiger partial charge in [-0.1, -0.05) is 6.92 Å². The Morgan fingerprint density at radius 1 is 1.25 bits per heavy atom. The zero-order valence-electron chi connectivity index (χ0n) is 14.7. The molecule has 24 heavy (non-hydrogen) atoms. The summed E-state index contributed by atoms with van der Waals surface area (Å²) < 4.78 is 0. The third-order valence-electron chi connectivity index (χ3n) is 4.50. The van der Waals surface area contributed by atoms with Gasteiger partial charge in [0.25, 0.3) is 0 Å². The summed E-state index contributed by atoms with van der Waals surface area (Å²) in [5.41, 5.74) is 0. The van der Waals surface area contributed by atoms with Crippen LogP contribution in [0.15, 0.2) is 0 Å². The minimum atomic E-state index is 0. The second-order valence-electron chi connectivity index (χ2n) is 6.05. The van der Waals surface area contributed by atoms with Crippen LogP contribution in [0.25, 0.3) is 0 Å². The Hall–Kier alpha value is 0.570.